The molecule has 0 aliphatic rings. The fraction of sp³-hybridized carbons (Fsp3) is 0.278. The van der Waals surface area contributed by atoms with E-state index < -0.39 is 0 Å². The topological polar surface area (TPSA) is 56.8 Å². The van der Waals surface area contributed by atoms with Gasteiger partial charge >= 0.3 is 0 Å². The van der Waals surface area contributed by atoms with Gasteiger partial charge in [0.15, 0.2) is 17.2 Å². The summed E-state index contributed by atoms with van der Waals surface area (Å²) >= 11 is 12.2. The number of rotatable bonds is 6. The maximum absolute atomic E-state index is 12.5. The maximum atomic E-state index is 12.5. The number of carbonyl (C=O) groups excluding carboxylic acids is 1. The Labute approximate surface area is 156 Å². The smallest absolute Gasteiger partial charge is 0.251 e. The zero-order valence-corrected chi connectivity index (χ0v) is 15.9. The van der Waals surface area contributed by atoms with Crippen LogP contribution in [0.2, 0.25) is 10.0 Å². The highest BCUT2D eigenvalue weighted by atomic mass is 35.5. The van der Waals surface area contributed by atoms with Gasteiger partial charge < -0.3 is 19.5 Å². The number of amides is 1. The van der Waals surface area contributed by atoms with E-state index in [2.05, 4.69) is 5.32 Å². The lowest BCUT2D eigenvalue weighted by atomic mass is 10.1. The van der Waals surface area contributed by atoms with Crippen LogP contribution in [0.15, 0.2) is 30.3 Å². The van der Waals surface area contributed by atoms with Gasteiger partial charge in [-0.25, -0.2) is 0 Å². The molecule has 2 aromatic carbocycles. The van der Waals surface area contributed by atoms with Gasteiger partial charge in [-0.3, -0.25) is 4.79 Å². The number of hydrogen-bond donors (Lipinski definition) is 1. The van der Waals surface area contributed by atoms with Crippen molar-refractivity contribution in [2.45, 2.75) is 13.0 Å². The van der Waals surface area contributed by atoms with Crippen LogP contribution in [-0.2, 0) is 0 Å². The van der Waals surface area contributed by atoms with Crippen molar-refractivity contribution in [3.8, 4) is 17.2 Å². The summed E-state index contributed by atoms with van der Waals surface area (Å²) in [6.45, 7) is 1.87. The highest BCUT2D eigenvalue weighted by Crippen LogP contribution is 2.34. The summed E-state index contributed by atoms with van der Waals surface area (Å²) in [6, 6.07) is 8.24. The van der Waals surface area contributed by atoms with E-state index in [9.17, 15) is 4.79 Å². The molecule has 0 radical (unpaired) electrons. The highest BCUT2D eigenvalue weighted by Gasteiger charge is 2.17. The summed E-state index contributed by atoms with van der Waals surface area (Å²) in [5.41, 5.74) is 1.22. The third-order valence-corrected chi connectivity index (χ3v) is 4.28. The van der Waals surface area contributed by atoms with Crippen LogP contribution in [0.25, 0.3) is 0 Å². The van der Waals surface area contributed by atoms with Crippen LogP contribution in [0.4, 0.5) is 0 Å². The quantitative estimate of drug-likeness (QED) is 0.796. The van der Waals surface area contributed by atoms with Crippen LogP contribution in [-0.4, -0.2) is 27.2 Å². The van der Waals surface area contributed by atoms with Crippen molar-refractivity contribution in [3.05, 3.63) is 51.5 Å². The number of carbonyl (C=O) groups is 1. The molecule has 2 aromatic rings. The standard InChI is InChI=1S/C18H19Cl2NO4/c1-10(11-5-6-15(23-2)16(9-11)24-3)21-18(22)12-7-13(19)17(25-4)14(20)8-12/h5-10H,1-4H3,(H,21,22). The second-order valence-electron chi connectivity index (χ2n) is 5.28. The molecule has 1 amide bonds. The van der Waals surface area contributed by atoms with E-state index >= 15 is 0 Å². The van der Waals surface area contributed by atoms with E-state index in [1.807, 2.05) is 19.1 Å². The lowest BCUT2D eigenvalue weighted by Crippen LogP contribution is -2.26. The third-order valence-electron chi connectivity index (χ3n) is 3.72. The van der Waals surface area contributed by atoms with Crippen molar-refractivity contribution in [3.63, 3.8) is 0 Å². The van der Waals surface area contributed by atoms with Gasteiger partial charge in [-0.1, -0.05) is 29.3 Å². The Balaban J connectivity index is 2.20. The lowest BCUT2D eigenvalue weighted by molar-refractivity contribution is 0.0940. The average Bonchev–Trinajstić information content (AvgIpc) is 2.60. The SMILES string of the molecule is COc1ccc(C(C)NC(=O)c2cc(Cl)c(OC)c(Cl)c2)cc1OC. The molecule has 7 heteroatoms. The minimum atomic E-state index is -0.297. The Morgan fingerprint density at radius 2 is 1.56 bits per heavy atom. The fourth-order valence-corrected chi connectivity index (χ4v) is 3.01. The molecule has 1 unspecified atom stereocenters. The van der Waals surface area contributed by atoms with E-state index in [1.54, 1.807) is 20.3 Å². The molecule has 0 saturated carbocycles. The Morgan fingerprint density at radius 3 is 2.08 bits per heavy atom. The first kappa shape index (κ1) is 19.2. The number of halogens is 2. The van der Waals surface area contributed by atoms with Gasteiger partial charge in [0.2, 0.25) is 0 Å². The number of hydrogen-bond acceptors (Lipinski definition) is 4. The lowest BCUT2D eigenvalue weighted by Gasteiger charge is -2.17. The summed E-state index contributed by atoms with van der Waals surface area (Å²) < 4.78 is 15.6. The van der Waals surface area contributed by atoms with E-state index in [-0.39, 0.29) is 22.0 Å². The molecule has 0 spiro atoms. The van der Waals surface area contributed by atoms with Gasteiger partial charge in [0.25, 0.3) is 5.91 Å². The first-order valence-electron chi connectivity index (χ1n) is 7.47. The molecular weight excluding hydrogens is 365 g/mol. The molecule has 25 heavy (non-hydrogen) atoms. The first-order valence-corrected chi connectivity index (χ1v) is 8.22. The average molecular weight is 384 g/mol. The Bertz CT molecular complexity index is 757. The van der Waals surface area contributed by atoms with Crippen LogP contribution in [0.5, 0.6) is 17.2 Å². The zero-order valence-electron chi connectivity index (χ0n) is 14.4. The predicted molar refractivity (Wildman–Crippen MR) is 98.4 cm³/mol. The van der Waals surface area contributed by atoms with Gasteiger partial charge in [0, 0.05) is 5.56 Å². The van der Waals surface area contributed by atoms with Crippen LogP contribution in [0.1, 0.15) is 28.9 Å². The van der Waals surface area contributed by atoms with Gasteiger partial charge in [0.05, 0.1) is 37.4 Å². The molecule has 0 heterocycles. The second kappa shape index (κ2) is 8.32. The van der Waals surface area contributed by atoms with E-state index in [4.69, 9.17) is 37.4 Å². The highest BCUT2D eigenvalue weighted by molar-refractivity contribution is 6.37. The van der Waals surface area contributed by atoms with E-state index in [0.717, 1.165) is 5.56 Å². The molecule has 1 atom stereocenters. The molecule has 0 aliphatic carbocycles. The van der Waals surface area contributed by atoms with Crippen molar-refractivity contribution in [1.29, 1.82) is 0 Å². The maximum Gasteiger partial charge on any atom is 0.251 e. The number of benzene rings is 2. The summed E-state index contributed by atoms with van der Waals surface area (Å²) in [5, 5.41) is 3.45. The summed E-state index contributed by atoms with van der Waals surface area (Å²) in [5.74, 6) is 1.26. The Hall–Kier alpha value is -2.11. The minimum absolute atomic E-state index is 0.257. The number of nitrogens with one attached hydrogen (secondary N) is 1. The van der Waals surface area contributed by atoms with Crippen LogP contribution < -0.4 is 19.5 Å². The van der Waals surface area contributed by atoms with E-state index in [1.165, 1.54) is 19.2 Å². The van der Waals surface area contributed by atoms with Crippen LogP contribution in [0.3, 0.4) is 0 Å². The van der Waals surface area contributed by atoms with Gasteiger partial charge in [0.1, 0.15) is 0 Å². The van der Waals surface area contributed by atoms with Crippen molar-refractivity contribution < 1.29 is 19.0 Å². The van der Waals surface area contributed by atoms with Crippen molar-refractivity contribution in [2.24, 2.45) is 0 Å². The molecular formula is C18H19Cl2NO4. The van der Waals surface area contributed by atoms with Crippen molar-refractivity contribution in [2.75, 3.05) is 21.3 Å². The number of ether oxygens (including phenoxy) is 3. The molecule has 1 N–H and O–H groups in total. The van der Waals surface area contributed by atoms with Crippen molar-refractivity contribution in [1.82, 2.24) is 5.32 Å². The molecule has 0 saturated heterocycles. The monoisotopic (exact) mass is 383 g/mol. The summed E-state index contributed by atoms with van der Waals surface area (Å²) in [4.78, 5) is 12.5. The van der Waals surface area contributed by atoms with Crippen LogP contribution >= 0.6 is 23.2 Å². The molecule has 134 valence electrons. The molecule has 0 fully saturated rings. The summed E-state index contributed by atoms with van der Waals surface area (Å²) in [6.07, 6.45) is 0. The minimum Gasteiger partial charge on any atom is -0.494 e. The third kappa shape index (κ3) is 4.30. The molecule has 0 bridgehead atoms. The molecule has 5 nitrogen and oxygen atoms in total. The zero-order chi connectivity index (χ0) is 18.6. The summed E-state index contributed by atoms with van der Waals surface area (Å²) in [7, 11) is 4.60. The number of methoxy groups -OCH3 is 3. The van der Waals surface area contributed by atoms with E-state index in [0.29, 0.717) is 22.8 Å². The largest absolute Gasteiger partial charge is 0.494 e. The Morgan fingerprint density at radius 1 is 0.960 bits per heavy atom. The molecule has 0 aromatic heterocycles. The molecule has 0 aliphatic heterocycles. The molecule has 2 rings (SSSR count). The van der Waals surface area contributed by atoms with Crippen LogP contribution in [0, 0.1) is 0 Å². The normalized spacial score (nSPS) is 11.6. The van der Waals surface area contributed by atoms with Crippen molar-refractivity contribution >= 4 is 29.1 Å². The fourth-order valence-electron chi connectivity index (χ4n) is 2.37. The van der Waals surface area contributed by atoms with Gasteiger partial charge in [-0.2, -0.15) is 0 Å². The first-order chi connectivity index (χ1) is 11.9. The predicted octanol–water partition coefficient (Wildman–Crippen LogP) is 4.51. The van der Waals surface area contributed by atoms with Gasteiger partial charge in [-0.05, 0) is 36.8 Å². The van der Waals surface area contributed by atoms with Gasteiger partial charge in [-0.15, -0.1) is 0 Å². The Kier molecular flexibility index (Phi) is 6.39. The second-order valence-corrected chi connectivity index (χ2v) is 6.10.